The van der Waals surface area contributed by atoms with Gasteiger partial charge < -0.3 is 10.2 Å². The van der Waals surface area contributed by atoms with Gasteiger partial charge in [-0.05, 0) is 32.3 Å². The van der Waals surface area contributed by atoms with Gasteiger partial charge in [-0.15, -0.1) is 0 Å². The van der Waals surface area contributed by atoms with Crippen LogP contribution in [0.5, 0.6) is 0 Å². The number of rotatable bonds is 10. The fraction of sp³-hybridized carbons (Fsp3) is 0.450. The molecule has 1 aromatic carbocycles. The van der Waals surface area contributed by atoms with Crippen LogP contribution >= 0.6 is 0 Å². The van der Waals surface area contributed by atoms with Crippen LogP contribution in [0, 0.1) is 0 Å². The quantitative estimate of drug-likeness (QED) is 0.711. The number of amides is 2. The molecule has 6 heteroatoms. The number of hydrogen-bond donors (Lipinski definition) is 1. The van der Waals surface area contributed by atoms with Crippen LogP contribution in [0.2, 0.25) is 0 Å². The molecule has 1 aromatic heterocycles. The van der Waals surface area contributed by atoms with Gasteiger partial charge in [-0.1, -0.05) is 30.3 Å². The van der Waals surface area contributed by atoms with Crippen molar-refractivity contribution in [3.05, 3.63) is 48.2 Å². The van der Waals surface area contributed by atoms with Gasteiger partial charge in [0.25, 0.3) is 0 Å². The highest BCUT2D eigenvalue weighted by Gasteiger charge is 2.11. The SMILES string of the molecule is CCN(CC)C(=O)CCCC(=O)Nc1ccnn1CCc1ccccc1. The molecule has 2 rings (SSSR count). The van der Waals surface area contributed by atoms with Gasteiger partial charge in [0.05, 0.1) is 6.20 Å². The molecular weight excluding hydrogens is 328 g/mol. The molecule has 1 N–H and O–H groups in total. The summed E-state index contributed by atoms with van der Waals surface area (Å²) in [5.41, 5.74) is 1.23. The second-order valence-corrected chi connectivity index (χ2v) is 6.14. The lowest BCUT2D eigenvalue weighted by molar-refractivity contribution is -0.130. The summed E-state index contributed by atoms with van der Waals surface area (Å²) in [5.74, 6) is 0.718. The third-order valence-corrected chi connectivity index (χ3v) is 4.35. The average Bonchev–Trinajstić information content (AvgIpc) is 3.09. The minimum Gasteiger partial charge on any atom is -0.343 e. The third kappa shape index (κ3) is 6.02. The highest BCUT2D eigenvalue weighted by Crippen LogP contribution is 2.10. The summed E-state index contributed by atoms with van der Waals surface area (Å²) < 4.78 is 1.80. The van der Waals surface area contributed by atoms with Crippen LogP contribution in [0.25, 0.3) is 0 Å². The number of hydrogen-bond acceptors (Lipinski definition) is 3. The van der Waals surface area contributed by atoms with Crippen LogP contribution in [-0.4, -0.2) is 39.6 Å². The summed E-state index contributed by atoms with van der Waals surface area (Å²) in [6.07, 6.45) is 3.83. The van der Waals surface area contributed by atoms with Gasteiger partial charge in [-0.3, -0.25) is 9.59 Å². The zero-order valence-corrected chi connectivity index (χ0v) is 15.6. The van der Waals surface area contributed by atoms with E-state index in [4.69, 9.17) is 0 Å². The molecule has 0 radical (unpaired) electrons. The van der Waals surface area contributed by atoms with Gasteiger partial charge in [-0.2, -0.15) is 5.10 Å². The number of carbonyl (C=O) groups excluding carboxylic acids is 2. The number of benzene rings is 1. The van der Waals surface area contributed by atoms with E-state index < -0.39 is 0 Å². The lowest BCUT2D eigenvalue weighted by atomic mass is 10.1. The molecule has 0 bridgehead atoms. The smallest absolute Gasteiger partial charge is 0.225 e. The molecule has 0 atom stereocenters. The van der Waals surface area contributed by atoms with Gasteiger partial charge in [0.2, 0.25) is 11.8 Å². The Labute approximate surface area is 155 Å². The highest BCUT2D eigenvalue weighted by molar-refractivity contribution is 5.90. The summed E-state index contributed by atoms with van der Waals surface area (Å²) in [6.45, 7) is 6.05. The zero-order valence-electron chi connectivity index (χ0n) is 15.6. The first-order valence-electron chi connectivity index (χ1n) is 9.27. The lowest BCUT2D eigenvalue weighted by Crippen LogP contribution is -2.30. The molecule has 26 heavy (non-hydrogen) atoms. The molecule has 0 aliphatic carbocycles. The largest absolute Gasteiger partial charge is 0.343 e. The molecule has 6 nitrogen and oxygen atoms in total. The molecule has 2 amide bonds. The number of anilines is 1. The first kappa shape index (κ1) is 19.7. The van der Waals surface area contributed by atoms with Crippen molar-refractivity contribution in [1.82, 2.24) is 14.7 Å². The van der Waals surface area contributed by atoms with Crippen molar-refractivity contribution in [2.45, 2.75) is 46.1 Å². The van der Waals surface area contributed by atoms with Gasteiger partial charge in [-0.25, -0.2) is 4.68 Å². The van der Waals surface area contributed by atoms with E-state index in [1.165, 1.54) is 5.56 Å². The molecule has 0 fully saturated rings. The Morgan fingerprint density at radius 1 is 1.08 bits per heavy atom. The standard InChI is InChI=1S/C20H28N4O2/c1-3-23(4-2)20(26)12-8-11-19(25)22-18-13-15-21-24(18)16-14-17-9-6-5-7-10-17/h5-7,9-10,13,15H,3-4,8,11-12,14,16H2,1-2H3,(H,22,25). The van der Waals surface area contributed by atoms with Crippen molar-refractivity contribution in [3.8, 4) is 0 Å². The van der Waals surface area contributed by atoms with E-state index in [0.717, 1.165) is 6.42 Å². The van der Waals surface area contributed by atoms with Crippen LogP contribution in [0.4, 0.5) is 5.82 Å². The van der Waals surface area contributed by atoms with Crippen molar-refractivity contribution >= 4 is 17.6 Å². The monoisotopic (exact) mass is 356 g/mol. The Balaban J connectivity index is 1.77. The van der Waals surface area contributed by atoms with Gasteiger partial charge in [0, 0.05) is 38.5 Å². The molecule has 140 valence electrons. The van der Waals surface area contributed by atoms with Crippen LogP contribution in [-0.2, 0) is 22.6 Å². The van der Waals surface area contributed by atoms with Crippen LogP contribution in [0.3, 0.4) is 0 Å². The fourth-order valence-corrected chi connectivity index (χ4v) is 2.84. The highest BCUT2D eigenvalue weighted by atomic mass is 16.2. The van der Waals surface area contributed by atoms with E-state index >= 15 is 0 Å². The number of nitrogens with one attached hydrogen (secondary N) is 1. The Morgan fingerprint density at radius 3 is 2.50 bits per heavy atom. The zero-order chi connectivity index (χ0) is 18.8. The first-order chi connectivity index (χ1) is 12.6. The Hall–Kier alpha value is -2.63. The maximum Gasteiger partial charge on any atom is 0.225 e. The number of carbonyl (C=O) groups is 2. The number of aryl methyl sites for hydroxylation is 2. The number of nitrogens with zero attached hydrogens (tertiary/aromatic N) is 3. The lowest BCUT2D eigenvalue weighted by Gasteiger charge is -2.18. The Morgan fingerprint density at radius 2 is 1.81 bits per heavy atom. The summed E-state index contributed by atoms with van der Waals surface area (Å²) >= 11 is 0. The molecule has 0 saturated heterocycles. The summed E-state index contributed by atoms with van der Waals surface area (Å²) in [6, 6.07) is 12.0. The van der Waals surface area contributed by atoms with Crippen molar-refractivity contribution in [2.24, 2.45) is 0 Å². The van der Waals surface area contributed by atoms with E-state index in [2.05, 4.69) is 22.5 Å². The Kier molecular flexibility index (Phi) is 7.86. The molecule has 0 saturated carbocycles. The predicted octanol–water partition coefficient (Wildman–Crippen LogP) is 3.10. The van der Waals surface area contributed by atoms with E-state index in [1.807, 2.05) is 32.0 Å². The molecule has 2 aromatic rings. The van der Waals surface area contributed by atoms with Gasteiger partial charge in [0.1, 0.15) is 5.82 Å². The van der Waals surface area contributed by atoms with Crippen molar-refractivity contribution in [2.75, 3.05) is 18.4 Å². The fourth-order valence-electron chi connectivity index (χ4n) is 2.84. The molecule has 0 spiro atoms. The van der Waals surface area contributed by atoms with Crippen LogP contribution < -0.4 is 5.32 Å². The van der Waals surface area contributed by atoms with Crippen molar-refractivity contribution < 1.29 is 9.59 Å². The van der Waals surface area contributed by atoms with E-state index in [1.54, 1.807) is 21.8 Å². The Bertz CT molecular complexity index is 693. The summed E-state index contributed by atoms with van der Waals surface area (Å²) in [5, 5.41) is 7.17. The summed E-state index contributed by atoms with van der Waals surface area (Å²) in [7, 11) is 0. The number of aromatic nitrogens is 2. The van der Waals surface area contributed by atoms with Gasteiger partial charge in [0.15, 0.2) is 0 Å². The molecule has 0 unspecified atom stereocenters. The molecule has 0 aliphatic rings. The summed E-state index contributed by atoms with van der Waals surface area (Å²) in [4.78, 5) is 25.9. The second-order valence-electron chi connectivity index (χ2n) is 6.14. The van der Waals surface area contributed by atoms with Gasteiger partial charge >= 0.3 is 0 Å². The van der Waals surface area contributed by atoms with E-state index in [0.29, 0.717) is 44.7 Å². The second kappa shape index (κ2) is 10.4. The third-order valence-electron chi connectivity index (χ3n) is 4.35. The van der Waals surface area contributed by atoms with Crippen molar-refractivity contribution in [1.29, 1.82) is 0 Å². The predicted molar refractivity (Wildman–Crippen MR) is 103 cm³/mol. The molecular formula is C20H28N4O2. The normalized spacial score (nSPS) is 10.5. The van der Waals surface area contributed by atoms with E-state index in [-0.39, 0.29) is 11.8 Å². The first-order valence-corrected chi connectivity index (χ1v) is 9.27. The van der Waals surface area contributed by atoms with Crippen molar-refractivity contribution in [3.63, 3.8) is 0 Å². The van der Waals surface area contributed by atoms with Crippen LogP contribution in [0.15, 0.2) is 42.6 Å². The molecule has 0 aliphatic heterocycles. The average molecular weight is 356 g/mol. The minimum atomic E-state index is -0.0844. The maximum absolute atomic E-state index is 12.2. The molecule has 1 heterocycles. The maximum atomic E-state index is 12.2. The minimum absolute atomic E-state index is 0.0844. The topological polar surface area (TPSA) is 67.2 Å². The van der Waals surface area contributed by atoms with E-state index in [9.17, 15) is 9.59 Å². The van der Waals surface area contributed by atoms with Crippen LogP contribution in [0.1, 0.15) is 38.7 Å².